The molecule has 172 valence electrons. The fourth-order valence-electron chi connectivity index (χ4n) is 3.91. The van der Waals surface area contributed by atoms with Crippen molar-refractivity contribution < 1.29 is 13.6 Å². The lowest BCUT2D eigenvalue weighted by Gasteiger charge is -2.07. The van der Waals surface area contributed by atoms with E-state index in [1.54, 1.807) is 31.7 Å². The van der Waals surface area contributed by atoms with Gasteiger partial charge in [-0.05, 0) is 18.2 Å². The summed E-state index contributed by atoms with van der Waals surface area (Å²) in [5.41, 5.74) is 4.47. The van der Waals surface area contributed by atoms with Gasteiger partial charge in [-0.25, -0.2) is 14.4 Å². The lowest BCUT2D eigenvalue weighted by molar-refractivity contribution is -0.115. The highest BCUT2D eigenvalue weighted by molar-refractivity contribution is 5.97. The molecule has 0 unspecified atom stereocenters. The Morgan fingerprint density at radius 2 is 2.06 bits per heavy atom. The molecular formula is C24H17FN8O2. The number of hydrogen-bond acceptors (Lipinski definition) is 7. The van der Waals surface area contributed by atoms with Crippen LogP contribution in [0.25, 0.3) is 56.0 Å². The minimum absolute atomic E-state index is 0.0774. The minimum atomic E-state index is -0.588. The molecule has 0 aliphatic carbocycles. The highest BCUT2D eigenvalue weighted by Gasteiger charge is 2.21. The maximum Gasteiger partial charge on any atom is 0.224 e. The molecule has 0 aliphatic rings. The van der Waals surface area contributed by atoms with Gasteiger partial charge < -0.3 is 14.7 Å². The van der Waals surface area contributed by atoms with E-state index >= 15 is 4.39 Å². The van der Waals surface area contributed by atoms with Crippen LogP contribution in [-0.2, 0) is 4.79 Å². The Labute approximate surface area is 196 Å². The largest absolute Gasteiger partial charge is 0.472 e. The number of fused-ring (bicyclic) bond motifs is 2. The number of imidazole rings is 1. The third kappa shape index (κ3) is 3.50. The number of H-pyrrole nitrogens is 2. The van der Waals surface area contributed by atoms with Gasteiger partial charge in [-0.3, -0.25) is 19.9 Å². The number of amides is 1. The van der Waals surface area contributed by atoms with Crippen LogP contribution < -0.4 is 5.32 Å². The van der Waals surface area contributed by atoms with Crippen LogP contribution in [0, 0.1) is 5.82 Å². The molecule has 35 heavy (non-hydrogen) atoms. The van der Waals surface area contributed by atoms with Gasteiger partial charge in [0, 0.05) is 35.5 Å². The number of nitrogens with zero attached hydrogens (tertiary/aromatic N) is 5. The molecule has 0 spiro atoms. The van der Waals surface area contributed by atoms with Crippen molar-refractivity contribution in [3.8, 4) is 33.9 Å². The van der Waals surface area contributed by atoms with Crippen LogP contribution in [0.2, 0.25) is 0 Å². The van der Waals surface area contributed by atoms with Crippen LogP contribution in [0.3, 0.4) is 0 Å². The van der Waals surface area contributed by atoms with Crippen LogP contribution >= 0.6 is 0 Å². The quantitative estimate of drug-likeness (QED) is 0.333. The summed E-state index contributed by atoms with van der Waals surface area (Å²) in [6.07, 6.45) is 9.66. The first-order valence-corrected chi connectivity index (χ1v) is 10.8. The SMILES string of the molecule is CCC(=O)Nc1cncc(-c2ncc3[nH]nc(-c4nc5c(-c6ccoc6)ccnc5[nH]4)c3c2F)c1. The molecule has 6 rings (SSSR count). The van der Waals surface area contributed by atoms with Crippen molar-refractivity contribution in [2.75, 3.05) is 5.32 Å². The molecule has 0 saturated carbocycles. The van der Waals surface area contributed by atoms with Gasteiger partial charge in [0.05, 0.1) is 41.5 Å². The number of furan rings is 1. The van der Waals surface area contributed by atoms with Gasteiger partial charge in [0.15, 0.2) is 17.3 Å². The number of nitrogens with one attached hydrogen (secondary N) is 3. The van der Waals surface area contributed by atoms with E-state index in [4.69, 9.17) is 4.42 Å². The fourth-order valence-corrected chi connectivity index (χ4v) is 3.91. The van der Waals surface area contributed by atoms with Crippen LogP contribution in [0.4, 0.5) is 10.1 Å². The second-order valence-electron chi connectivity index (χ2n) is 7.80. The van der Waals surface area contributed by atoms with Crippen LogP contribution in [0.5, 0.6) is 0 Å². The average molecular weight is 468 g/mol. The monoisotopic (exact) mass is 468 g/mol. The molecule has 0 aromatic carbocycles. The topological polar surface area (TPSA) is 138 Å². The molecule has 6 heterocycles. The Balaban J connectivity index is 1.48. The van der Waals surface area contributed by atoms with Gasteiger partial charge in [-0.2, -0.15) is 5.10 Å². The van der Waals surface area contributed by atoms with Gasteiger partial charge in [0.25, 0.3) is 0 Å². The van der Waals surface area contributed by atoms with Crippen molar-refractivity contribution in [3.63, 3.8) is 0 Å². The number of hydrogen-bond donors (Lipinski definition) is 3. The summed E-state index contributed by atoms with van der Waals surface area (Å²) in [6.45, 7) is 1.74. The fraction of sp³-hybridized carbons (Fsp3) is 0.0833. The molecule has 0 aliphatic heterocycles. The van der Waals surface area contributed by atoms with E-state index in [2.05, 4.69) is 40.4 Å². The first-order chi connectivity index (χ1) is 17.1. The van der Waals surface area contributed by atoms with Crippen molar-refractivity contribution in [2.24, 2.45) is 0 Å². The van der Waals surface area contributed by atoms with E-state index in [9.17, 15) is 4.79 Å². The van der Waals surface area contributed by atoms with Crippen molar-refractivity contribution in [1.82, 2.24) is 35.1 Å². The summed E-state index contributed by atoms with van der Waals surface area (Å²) in [5, 5.41) is 10.1. The molecule has 11 heteroatoms. The highest BCUT2D eigenvalue weighted by atomic mass is 19.1. The molecule has 0 saturated heterocycles. The number of carbonyl (C=O) groups excluding carboxylic acids is 1. The zero-order valence-corrected chi connectivity index (χ0v) is 18.3. The summed E-state index contributed by atoms with van der Waals surface area (Å²) < 4.78 is 21.0. The zero-order valence-electron chi connectivity index (χ0n) is 18.3. The lowest BCUT2D eigenvalue weighted by atomic mass is 10.1. The highest BCUT2D eigenvalue weighted by Crippen LogP contribution is 2.34. The Morgan fingerprint density at radius 1 is 1.14 bits per heavy atom. The Kier molecular flexibility index (Phi) is 4.80. The number of aromatic nitrogens is 7. The summed E-state index contributed by atoms with van der Waals surface area (Å²) in [4.78, 5) is 32.3. The van der Waals surface area contributed by atoms with Crippen molar-refractivity contribution >= 4 is 33.7 Å². The number of pyridine rings is 3. The number of anilines is 1. The lowest BCUT2D eigenvalue weighted by Crippen LogP contribution is -2.09. The Bertz CT molecular complexity index is 1700. The number of aromatic amines is 2. The maximum atomic E-state index is 15.8. The third-order valence-electron chi connectivity index (χ3n) is 5.60. The summed E-state index contributed by atoms with van der Waals surface area (Å²) in [6, 6.07) is 5.29. The number of rotatable bonds is 5. The molecule has 6 aromatic rings. The van der Waals surface area contributed by atoms with Crippen LogP contribution in [0.15, 0.2) is 59.9 Å². The van der Waals surface area contributed by atoms with E-state index in [1.165, 1.54) is 18.6 Å². The molecule has 0 atom stereocenters. The van der Waals surface area contributed by atoms with Crippen LogP contribution in [0.1, 0.15) is 13.3 Å². The first kappa shape index (κ1) is 20.7. The van der Waals surface area contributed by atoms with Gasteiger partial charge in [-0.1, -0.05) is 6.92 Å². The Hall–Kier alpha value is -4.93. The maximum absolute atomic E-state index is 15.8. The van der Waals surface area contributed by atoms with Gasteiger partial charge in [0.1, 0.15) is 16.9 Å². The van der Waals surface area contributed by atoms with E-state index < -0.39 is 5.82 Å². The summed E-state index contributed by atoms with van der Waals surface area (Å²) in [5.74, 6) is -0.401. The number of halogens is 1. The van der Waals surface area contributed by atoms with Crippen molar-refractivity contribution in [3.05, 3.63) is 61.3 Å². The van der Waals surface area contributed by atoms with E-state index in [0.29, 0.717) is 45.9 Å². The molecule has 1 amide bonds. The molecule has 0 radical (unpaired) electrons. The third-order valence-corrected chi connectivity index (χ3v) is 5.60. The molecule has 10 nitrogen and oxygen atoms in total. The molecule has 6 aromatic heterocycles. The number of carbonyl (C=O) groups is 1. The molecule has 0 bridgehead atoms. The van der Waals surface area contributed by atoms with Crippen molar-refractivity contribution in [1.29, 1.82) is 0 Å². The van der Waals surface area contributed by atoms with Crippen LogP contribution in [-0.4, -0.2) is 41.0 Å². The smallest absolute Gasteiger partial charge is 0.224 e. The van der Waals surface area contributed by atoms with E-state index in [-0.39, 0.29) is 17.0 Å². The second-order valence-corrected chi connectivity index (χ2v) is 7.80. The minimum Gasteiger partial charge on any atom is -0.472 e. The predicted molar refractivity (Wildman–Crippen MR) is 127 cm³/mol. The second kappa shape index (κ2) is 8.13. The molecular weight excluding hydrogens is 451 g/mol. The van der Waals surface area contributed by atoms with Gasteiger partial charge >= 0.3 is 0 Å². The van der Waals surface area contributed by atoms with Gasteiger partial charge in [0.2, 0.25) is 5.91 Å². The Morgan fingerprint density at radius 3 is 2.89 bits per heavy atom. The zero-order chi connectivity index (χ0) is 23.9. The first-order valence-electron chi connectivity index (χ1n) is 10.8. The van der Waals surface area contributed by atoms with Crippen molar-refractivity contribution in [2.45, 2.75) is 13.3 Å². The van der Waals surface area contributed by atoms with Gasteiger partial charge in [-0.15, -0.1) is 0 Å². The summed E-state index contributed by atoms with van der Waals surface area (Å²) in [7, 11) is 0. The predicted octanol–water partition coefficient (Wildman–Crippen LogP) is 4.71. The average Bonchev–Trinajstić information content (AvgIpc) is 3.63. The standard InChI is InChI=1S/C24H17FN8O2/c1-2-17(34)29-14-7-13(8-26-9-14)20-19(25)18-16(10-28-20)32-33-22(18)24-30-21-15(12-4-6-35-11-12)3-5-27-23(21)31-24/h3-11H,2H2,1H3,(H,29,34)(H,32,33)(H,27,30,31). The summed E-state index contributed by atoms with van der Waals surface area (Å²) >= 11 is 0. The van der Waals surface area contributed by atoms with E-state index in [1.807, 2.05) is 12.1 Å². The normalized spacial score (nSPS) is 11.4. The molecule has 0 fully saturated rings. The van der Waals surface area contributed by atoms with E-state index in [0.717, 1.165) is 11.1 Å². The molecule has 3 N–H and O–H groups in total.